The zero-order chi connectivity index (χ0) is 11.7. The van der Waals surface area contributed by atoms with Gasteiger partial charge in [0, 0.05) is 20.0 Å². The number of aromatic nitrogens is 2. The van der Waals surface area contributed by atoms with E-state index in [1.807, 2.05) is 4.57 Å². The van der Waals surface area contributed by atoms with Gasteiger partial charge in [0.2, 0.25) is 0 Å². The van der Waals surface area contributed by atoms with Crippen molar-refractivity contribution in [3.63, 3.8) is 0 Å². The number of ketones is 1. The van der Waals surface area contributed by atoms with Crippen LogP contribution in [0.4, 0.5) is 0 Å². The second-order valence-corrected chi connectivity index (χ2v) is 3.64. The van der Waals surface area contributed by atoms with Gasteiger partial charge in [0.25, 0.3) is 5.91 Å². The van der Waals surface area contributed by atoms with E-state index in [2.05, 4.69) is 10.9 Å². The summed E-state index contributed by atoms with van der Waals surface area (Å²) in [6.07, 6.45) is 6.60. The van der Waals surface area contributed by atoms with Crippen LogP contribution in [0.25, 0.3) is 0 Å². The van der Waals surface area contributed by atoms with E-state index in [1.54, 1.807) is 11.1 Å². The number of hydrogen-bond donors (Lipinski definition) is 0. The summed E-state index contributed by atoms with van der Waals surface area (Å²) in [5.74, 6) is 2.43. The van der Waals surface area contributed by atoms with Gasteiger partial charge < -0.3 is 9.47 Å². The number of Topliss-reactive ketones (excluding diaryl/α,β-unsaturated/α-hetero) is 1. The van der Waals surface area contributed by atoms with E-state index in [4.69, 9.17) is 6.42 Å². The zero-order valence-electron chi connectivity index (χ0n) is 8.93. The summed E-state index contributed by atoms with van der Waals surface area (Å²) < 4.78 is 1.84. The first-order valence-corrected chi connectivity index (χ1v) is 4.94. The van der Waals surface area contributed by atoms with E-state index in [0.717, 1.165) is 0 Å². The smallest absolute Gasteiger partial charge is 0.298 e. The second-order valence-electron chi connectivity index (χ2n) is 3.64. The number of rotatable bonds is 1. The van der Waals surface area contributed by atoms with E-state index < -0.39 is 0 Å². The molecule has 2 rings (SSSR count). The Kier molecular flexibility index (Phi) is 2.49. The molecule has 0 radical (unpaired) electrons. The van der Waals surface area contributed by atoms with Crippen LogP contribution in [0.1, 0.15) is 23.2 Å². The van der Waals surface area contributed by atoms with E-state index in [1.165, 1.54) is 6.92 Å². The van der Waals surface area contributed by atoms with Crippen LogP contribution in [-0.4, -0.2) is 32.7 Å². The Bertz CT molecular complexity index is 496. The molecule has 1 aliphatic heterocycles. The minimum atomic E-state index is -0.335. The van der Waals surface area contributed by atoms with Gasteiger partial charge in [-0.05, 0) is 5.92 Å². The van der Waals surface area contributed by atoms with Crippen molar-refractivity contribution in [2.24, 2.45) is 0 Å². The minimum absolute atomic E-state index is 0.0181. The van der Waals surface area contributed by atoms with Crippen LogP contribution < -0.4 is 0 Å². The Balaban J connectivity index is 2.27. The van der Waals surface area contributed by atoms with E-state index in [9.17, 15) is 9.59 Å². The molecular formula is C11H11N3O2. The highest BCUT2D eigenvalue weighted by molar-refractivity contribution is 5.93. The highest BCUT2D eigenvalue weighted by Gasteiger charge is 2.23. The van der Waals surface area contributed by atoms with Crippen LogP contribution in [0.5, 0.6) is 0 Å². The molecule has 16 heavy (non-hydrogen) atoms. The molecule has 0 unspecified atom stereocenters. The third kappa shape index (κ3) is 1.58. The number of amides is 1. The molecule has 1 aliphatic rings. The molecule has 0 saturated heterocycles. The number of carbonyl (C=O) groups is 2. The Labute approximate surface area is 93.1 Å². The Morgan fingerprint density at radius 3 is 2.88 bits per heavy atom. The average molecular weight is 217 g/mol. The number of carbonyl (C=O) groups excluding carboxylic acids is 2. The van der Waals surface area contributed by atoms with Crippen molar-refractivity contribution in [3.8, 4) is 12.3 Å². The van der Waals surface area contributed by atoms with Gasteiger partial charge in [0.05, 0.1) is 12.7 Å². The summed E-state index contributed by atoms with van der Waals surface area (Å²) in [4.78, 5) is 28.3. The normalized spacial score (nSPS) is 14.1. The standard InChI is InChI=1S/C11H11N3O2/c1-3-11(16)13-4-5-14-9(8(2)15)6-12-10(14)7-13/h1,6H,4-5,7H2,2H3. The molecule has 0 N–H and O–H groups in total. The van der Waals surface area contributed by atoms with Gasteiger partial charge in [-0.3, -0.25) is 9.59 Å². The van der Waals surface area contributed by atoms with Crippen LogP contribution in [0, 0.1) is 12.3 Å². The summed E-state index contributed by atoms with van der Waals surface area (Å²) in [6.45, 7) is 2.96. The minimum Gasteiger partial charge on any atom is -0.323 e. The third-order valence-electron chi connectivity index (χ3n) is 2.64. The third-order valence-corrected chi connectivity index (χ3v) is 2.64. The van der Waals surface area contributed by atoms with Crippen LogP contribution in [0.2, 0.25) is 0 Å². The number of nitrogens with zero attached hydrogens (tertiary/aromatic N) is 3. The van der Waals surface area contributed by atoms with Crippen molar-refractivity contribution < 1.29 is 9.59 Å². The average Bonchev–Trinajstić information content (AvgIpc) is 2.70. The summed E-state index contributed by atoms with van der Waals surface area (Å²) in [5, 5.41) is 0. The van der Waals surface area contributed by atoms with Gasteiger partial charge in [-0.15, -0.1) is 6.42 Å². The van der Waals surface area contributed by atoms with Crippen molar-refractivity contribution in [3.05, 3.63) is 17.7 Å². The lowest BCUT2D eigenvalue weighted by Crippen LogP contribution is -2.38. The van der Waals surface area contributed by atoms with Gasteiger partial charge in [0.1, 0.15) is 11.5 Å². The lowest BCUT2D eigenvalue weighted by Gasteiger charge is -2.26. The molecule has 0 saturated carbocycles. The molecule has 5 nitrogen and oxygen atoms in total. The second kappa shape index (κ2) is 3.81. The van der Waals surface area contributed by atoms with E-state index in [0.29, 0.717) is 31.2 Å². The van der Waals surface area contributed by atoms with Crippen molar-refractivity contribution >= 4 is 11.7 Å². The summed E-state index contributed by atoms with van der Waals surface area (Å²) >= 11 is 0. The molecule has 1 amide bonds. The Hall–Kier alpha value is -2.09. The maximum Gasteiger partial charge on any atom is 0.298 e. The highest BCUT2D eigenvalue weighted by Crippen LogP contribution is 2.14. The molecule has 1 aromatic heterocycles. The molecular weight excluding hydrogens is 206 g/mol. The van der Waals surface area contributed by atoms with Crippen LogP contribution >= 0.6 is 0 Å². The predicted molar refractivity (Wildman–Crippen MR) is 56.5 cm³/mol. The highest BCUT2D eigenvalue weighted by atomic mass is 16.2. The molecule has 2 heterocycles. The van der Waals surface area contributed by atoms with Gasteiger partial charge >= 0.3 is 0 Å². The first-order valence-electron chi connectivity index (χ1n) is 4.94. The largest absolute Gasteiger partial charge is 0.323 e. The zero-order valence-corrected chi connectivity index (χ0v) is 8.93. The van der Waals surface area contributed by atoms with Crippen LogP contribution in [0.15, 0.2) is 6.20 Å². The van der Waals surface area contributed by atoms with E-state index in [-0.39, 0.29) is 11.7 Å². The van der Waals surface area contributed by atoms with Crippen molar-refractivity contribution in [1.82, 2.24) is 14.5 Å². The quantitative estimate of drug-likeness (QED) is 0.494. The molecule has 82 valence electrons. The fraction of sp³-hybridized carbons (Fsp3) is 0.364. The summed E-state index contributed by atoms with van der Waals surface area (Å²) in [7, 11) is 0. The van der Waals surface area contributed by atoms with E-state index >= 15 is 0 Å². The van der Waals surface area contributed by atoms with Crippen LogP contribution in [0.3, 0.4) is 0 Å². The topological polar surface area (TPSA) is 55.2 Å². The molecule has 0 spiro atoms. The lowest BCUT2D eigenvalue weighted by atomic mass is 10.3. The fourth-order valence-electron chi connectivity index (χ4n) is 1.81. The SMILES string of the molecule is C#CC(=O)N1CCn2c(C(C)=O)cnc2C1. The number of terminal acetylenes is 1. The number of hydrogen-bond acceptors (Lipinski definition) is 3. The van der Waals surface area contributed by atoms with Gasteiger partial charge in [0.15, 0.2) is 5.78 Å². The lowest BCUT2D eigenvalue weighted by molar-refractivity contribution is -0.126. The maximum absolute atomic E-state index is 11.3. The first-order chi connectivity index (χ1) is 7.63. The molecule has 0 aliphatic carbocycles. The molecule has 0 aromatic carbocycles. The number of imidazole rings is 1. The van der Waals surface area contributed by atoms with Gasteiger partial charge in [-0.25, -0.2) is 4.98 Å². The molecule has 5 heteroatoms. The first kappa shape index (κ1) is 10.4. The Morgan fingerprint density at radius 1 is 1.50 bits per heavy atom. The molecule has 0 fully saturated rings. The molecule has 0 atom stereocenters. The van der Waals surface area contributed by atoms with Crippen molar-refractivity contribution in [1.29, 1.82) is 0 Å². The summed E-state index contributed by atoms with van der Waals surface area (Å²) in [6, 6.07) is 0. The van der Waals surface area contributed by atoms with Crippen molar-refractivity contribution in [2.75, 3.05) is 6.54 Å². The maximum atomic E-state index is 11.3. The Morgan fingerprint density at radius 2 is 2.25 bits per heavy atom. The number of fused-ring (bicyclic) bond motifs is 1. The fourth-order valence-corrected chi connectivity index (χ4v) is 1.81. The van der Waals surface area contributed by atoms with Gasteiger partial charge in [-0.2, -0.15) is 0 Å². The molecule has 0 bridgehead atoms. The predicted octanol–water partition coefficient (Wildman–Crippen LogP) is 0.0611. The monoisotopic (exact) mass is 217 g/mol. The van der Waals surface area contributed by atoms with Crippen LogP contribution in [-0.2, 0) is 17.9 Å². The van der Waals surface area contributed by atoms with Gasteiger partial charge in [-0.1, -0.05) is 0 Å². The summed E-state index contributed by atoms with van der Waals surface area (Å²) in [5.41, 5.74) is 0.586. The van der Waals surface area contributed by atoms with Crippen molar-refractivity contribution in [2.45, 2.75) is 20.0 Å². The molecule has 1 aromatic rings.